The van der Waals surface area contributed by atoms with E-state index in [-0.39, 0.29) is 24.0 Å². The summed E-state index contributed by atoms with van der Waals surface area (Å²) < 4.78 is 2.24. The largest absolute Gasteiger partial charge is 0.306 e. The standard InChI is InChI=1S/C14H25N2.HI/c1-16(14-10-6-3-7-11-14)12-15-13-8-4-2-5-9-13;/h13-14H,2-11H2,1H3;1H/q+1;. The summed E-state index contributed by atoms with van der Waals surface area (Å²) in [6, 6.07) is 4.56. The molecule has 2 saturated carbocycles. The Hall–Kier alpha value is 0.110. The summed E-state index contributed by atoms with van der Waals surface area (Å²) in [5.41, 5.74) is 0. The fourth-order valence-corrected chi connectivity index (χ4v) is 2.93. The Kier molecular flexibility index (Phi) is 7.36. The topological polar surface area (TPSA) is 15.4 Å². The van der Waals surface area contributed by atoms with E-state index in [1.807, 2.05) is 0 Å². The monoisotopic (exact) mass is 349 g/mol. The van der Waals surface area contributed by atoms with Gasteiger partial charge in [0.2, 0.25) is 0 Å². The van der Waals surface area contributed by atoms with Crippen LogP contribution in [0.1, 0.15) is 64.2 Å². The molecule has 0 aliphatic heterocycles. The third-order valence-corrected chi connectivity index (χ3v) is 4.10. The van der Waals surface area contributed by atoms with Gasteiger partial charge in [-0.1, -0.05) is 12.8 Å². The maximum atomic E-state index is 4.63. The van der Waals surface area contributed by atoms with Gasteiger partial charge in [0.15, 0.2) is 6.04 Å². The molecule has 2 nitrogen and oxygen atoms in total. The molecule has 0 unspecified atom stereocenters. The average molecular weight is 349 g/mol. The number of halogens is 1. The molecule has 0 spiro atoms. The van der Waals surface area contributed by atoms with Crippen molar-refractivity contribution in [2.24, 2.45) is 4.99 Å². The maximum Gasteiger partial charge on any atom is 0.306 e. The van der Waals surface area contributed by atoms with E-state index in [2.05, 4.69) is 22.6 Å². The highest BCUT2D eigenvalue weighted by Crippen LogP contribution is 2.20. The van der Waals surface area contributed by atoms with Crippen LogP contribution in [0.25, 0.3) is 0 Å². The molecule has 0 radical (unpaired) electrons. The molecule has 3 heteroatoms. The average Bonchev–Trinajstić information content (AvgIpc) is 2.38. The minimum atomic E-state index is 0. The van der Waals surface area contributed by atoms with Crippen LogP contribution in [0, 0.1) is 0 Å². The van der Waals surface area contributed by atoms with Gasteiger partial charge in [-0.3, -0.25) is 0 Å². The van der Waals surface area contributed by atoms with Crippen LogP contribution in [-0.2, 0) is 0 Å². The number of hydrogen-bond acceptors (Lipinski definition) is 1. The first-order valence-corrected chi connectivity index (χ1v) is 7.04. The van der Waals surface area contributed by atoms with E-state index >= 15 is 0 Å². The Labute approximate surface area is 123 Å². The van der Waals surface area contributed by atoms with Crippen LogP contribution < -0.4 is 0 Å². The predicted octanol–water partition coefficient (Wildman–Crippen LogP) is 4.09. The zero-order chi connectivity index (χ0) is 11.2. The van der Waals surface area contributed by atoms with Crippen molar-refractivity contribution in [1.82, 2.24) is 0 Å². The third-order valence-electron chi connectivity index (χ3n) is 4.10. The van der Waals surface area contributed by atoms with Crippen molar-refractivity contribution in [3.63, 3.8) is 0 Å². The highest BCUT2D eigenvalue weighted by molar-refractivity contribution is 14.0. The van der Waals surface area contributed by atoms with Crippen LogP contribution >= 0.6 is 24.0 Å². The molecule has 2 aliphatic rings. The van der Waals surface area contributed by atoms with E-state index in [1.165, 1.54) is 64.2 Å². The van der Waals surface area contributed by atoms with E-state index in [4.69, 9.17) is 0 Å². The van der Waals surface area contributed by atoms with E-state index in [0.717, 1.165) is 0 Å². The molecule has 0 aromatic rings. The molecule has 0 saturated heterocycles. The second kappa shape index (κ2) is 8.25. The van der Waals surface area contributed by atoms with Gasteiger partial charge in [-0.15, -0.1) is 24.0 Å². The van der Waals surface area contributed by atoms with Crippen LogP contribution in [0.15, 0.2) is 4.99 Å². The Morgan fingerprint density at radius 1 is 0.882 bits per heavy atom. The van der Waals surface area contributed by atoms with Gasteiger partial charge in [0, 0.05) is 0 Å². The van der Waals surface area contributed by atoms with Crippen LogP contribution in [0.2, 0.25) is 0 Å². The molecule has 0 amide bonds. The maximum absolute atomic E-state index is 4.63. The molecular formula is C14H26IN2+. The summed E-state index contributed by atoms with van der Waals surface area (Å²) in [4.78, 5) is 4.63. The smallest absolute Gasteiger partial charge is 0.220 e. The van der Waals surface area contributed by atoms with Gasteiger partial charge in [-0.05, 0) is 56.4 Å². The van der Waals surface area contributed by atoms with E-state index < -0.39 is 0 Å². The van der Waals surface area contributed by atoms with Crippen molar-refractivity contribution in [1.29, 1.82) is 0 Å². The minimum absolute atomic E-state index is 0. The van der Waals surface area contributed by atoms with Crippen molar-refractivity contribution < 1.29 is 4.58 Å². The van der Waals surface area contributed by atoms with Crippen molar-refractivity contribution >= 4 is 30.0 Å². The van der Waals surface area contributed by atoms with Crippen molar-refractivity contribution in [3.05, 3.63) is 0 Å². The summed E-state index contributed by atoms with van der Waals surface area (Å²) in [6.45, 7) is 0. The Bertz CT molecular complexity index is 270. The molecule has 2 rings (SSSR count). The fraction of sp³-hybridized carbons (Fsp3) is 0.929. The number of aliphatic imine (C=N–C) groups is 1. The van der Waals surface area contributed by atoms with Crippen molar-refractivity contribution in [2.75, 3.05) is 7.05 Å². The van der Waals surface area contributed by atoms with Crippen LogP contribution in [0.5, 0.6) is 0 Å². The lowest BCUT2D eigenvalue weighted by molar-refractivity contribution is -0.536. The minimum Gasteiger partial charge on any atom is -0.220 e. The number of hydrogen-bond donors (Lipinski definition) is 0. The van der Waals surface area contributed by atoms with Crippen LogP contribution in [0.4, 0.5) is 0 Å². The van der Waals surface area contributed by atoms with Crippen LogP contribution in [-0.4, -0.2) is 29.7 Å². The Morgan fingerprint density at radius 3 is 2.00 bits per heavy atom. The lowest BCUT2D eigenvalue weighted by atomic mass is 9.95. The quantitative estimate of drug-likeness (QED) is 0.405. The molecule has 0 aromatic carbocycles. The van der Waals surface area contributed by atoms with E-state index in [0.29, 0.717) is 12.1 Å². The van der Waals surface area contributed by atoms with Crippen molar-refractivity contribution in [3.8, 4) is 0 Å². The highest BCUT2D eigenvalue weighted by Gasteiger charge is 2.19. The first kappa shape index (κ1) is 15.2. The molecule has 0 atom stereocenters. The molecule has 0 aromatic heterocycles. The highest BCUT2D eigenvalue weighted by atomic mass is 127. The van der Waals surface area contributed by atoms with E-state index in [9.17, 15) is 0 Å². The van der Waals surface area contributed by atoms with Gasteiger partial charge < -0.3 is 0 Å². The summed E-state index contributed by atoms with van der Waals surface area (Å²) in [5, 5.41) is 0. The first-order chi connectivity index (χ1) is 7.86. The zero-order valence-corrected chi connectivity index (χ0v) is 13.4. The first-order valence-electron chi connectivity index (χ1n) is 7.04. The molecule has 0 N–H and O–H groups in total. The predicted molar refractivity (Wildman–Crippen MR) is 82.8 cm³/mol. The molecule has 2 aliphatic carbocycles. The summed E-state index contributed by atoms with van der Waals surface area (Å²) in [5.74, 6) is 0. The molecular weight excluding hydrogens is 323 g/mol. The fourth-order valence-electron chi connectivity index (χ4n) is 2.93. The lowest BCUT2D eigenvalue weighted by Gasteiger charge is -2.18. The summed E-state index contributed by atoms with van der Waals surface area (Å²) >= 11 is 0. The molecule has 98 valence electrons. The normalized spacial score (nSPS) is 22.4. The van der Waals surface area contributed by atoms with Gasteiger partial charge in [-0.25, -0.2) is 4.58 Å². The van der Waals surface area contributed by atoms with Gasteiger partial charge >= 0.3 is 6.01 Å². The van der Waals surface area contributed by atoms with Gasteiger partial charge in [-0.2, -0.15) is 0 Å². The lowest BCUT2D eigenvalue weighted by Crippen LogP contribution is -2.25. The van der Waals surface area contributed by atoms with E-state index in [1.54, 1.807) is 0 Å². The summed E-state index contributed by atoms with van der Waals surface area (Å²) in [6.07, 6.45) is 13.6. The number of nitrogens with zero attached hydrogens (tertiary/aromatic N) is 2. The Morgan fingerprint density at radius 2 is 1.41 bits per heavy atom. The molecule has 0 heterocycles. The molecule has 2 fully saturated rings. The number of rotatable bonds is 2. The Balaban J connectivity index is 0.00000144. The second-order valence-electron chi connectivity index (χ2n) is 5.42. The van der Waals surface area contributed by atoms with Gasteiger partial charge in [0.05, 0.1) is 7.05 Å². The molecule has 17 heavy (non-hydrogen) atoms. The molecule has 0 bridgehead atoms. The second-order valence-corrected chi connectivity index (χ2v) is 5.42. The van der Waals surface area contributed by atoms with Gasteiger partial charge in [0.25, 0.3) is 0 Å². The van der Waals surface area contributed by atoms with Gasteiger partial charge in [0.1, 0.15) is 6.04 Å². The third kappa shape index (κ3) is 5.09. The van der Waals surface area contributed by atoms with Crippen molar-refractivity contribution in [2.45, 2.75) is 76.3 Å². The SMILES string of the molecule is C[N+](=C=NC1CCCCC1)C1CCCCC1.I. The summed E-state index contributed by atoms with van der Waals surface area (Å²) in [7, 11) is 2.16. The van der Waals surface area contributed by atoms with Crippen LogP contribution in [0.3, 0.4) is 0 Å². The zero-order valence-electron chi connectivity index (χ0n) is 11.0.